The lowest BCUT2D eigenvalue weighted by atomic mass is 9.98. The van der Waals surface area contributed by atoms with Gasteiger partial charge in [-0.3, -0.25) is 57.5 Å². The van der Waals surface area contributed by atoms with E-state index < -0.39 is 176 Å². The Bertz CT molecular complexity index is 3180. The van der Waals surface area contributed by atoms with Crippen LogP contribution in [0.5, 0.6) is 0 Å². The molecule has 12 amide bonds. The molecule has 2 aromatic carbocycles. The number of nitrogens with zero attached hydrogens (tertiary/aromatic N) is 8. The fraction of sp³-hybridized carbons (Fsp3) is 0.692. The molecule has 0 bridgehead atoms. The molecule has 594 valence electrons. The zero-order chi connectivity index (χ0) is 79.3. The Morgan fingerprint density at radius 2 is 0.991 bits per heavy atom. The van der Waals surface area contributed by atoms with Gasteiger partial charge in [-0.15, -0.1) is 0 Å². The van der Waals surface area contributed by atoms with Crippen LogP contribution in [0.2, 0.25) is 0 Å². The van der Waals surface area contributed by atoms with Crippen LogP contribution in [0.3, 0.4) is 0 Å². The summed E-state index contributed by atoms with van der Waals surface area (Å²) in [4.78, 5) is 192. The van der Waals surface area contributed by atoms with E-state index in [4.69, 9.17) is 9.47 Å². The number of nitrogens with one attached hydrogen (secondary N) is 4. The van der Waals surface area contributed by atoms with Gasteiger partial charge in [0.1, 0.15) is 54.4 Å². The maximum absolute atomic E-state index is 15.5. The van der Waals surface area contributed by atoms with E-state index in [1.54, 1.807) is 114 Å². The Morgan fingerprint density at radius 3 is 1.47 bits per heavy atom. The third kappa shape index (κ3) is 27.9. The molecule has 4 rings (SSSR count). The Kier molecular flexibility index (Phi) is 37.7. The number of carbonyl (C=O) groups is 12. The van der Waals surface area contributed by atoms with Gasteiger partial charge in [0.2, 0.25) is 70.9 Å². The molecule has 0 aromatic heterocycles. The van der Waals surface area contributed by atoms with Gasteiger partial charge < -0.3 is 80.2 Å². The summed E-state index contributed by atoms with van der Waals surface area (Å²) in [5, 5.41) is 32.5. The van der Waals surface area contributed by atoms with Crippen LogP contribution in [-0.4, -0.2) is 287 Å². The van der Waals surface area contributed by atoms with Crippen LogP contribution in [0.15, 0.2) is 60.7 Å². The molecule has 0 radical (unpaired) electrons. The van der Waals surface area contributed by atoms with Crippen molar-refractivity contribution in [2.45, 2.75) is 233 Å². The number of amides is 12. The van der Waals surface area contributed by atoms with Crippen molar-refractivity contribution in [2.24, 2.45) is 17.8 Å². The van der Waals surface area contributed by atoms with E-state index in [-0.39, 0.29) is 70.2 Å². The Labute approximate surface area is 629 Å². The molecule has 2 aliphatic heterocycles. The van der Waals surface area contributed by atoms with Crippen molar-refractivity contribution in [3.8, 4) is 0 Å². The van der Waals surface area contributed by atoms with Crippen molar-refractivity contribution in [1.82, 2.24) is 60.5 Å². The third-order valence-corrected chi connectivity index (χ3v) is 19.4. The zero-order valence-corrected chi connectivity index (χ0v) is 66.2. The number of aliphatic hydroxyl groups is 2. The van der Waals surface area contributed by atoms with Crippen LogP contribution in [0.1, 0.15) is 165 Å². The van der Waals surface area contributed by atoms with E-state index in [0.29, 0.717) is 62.7 Å². The third-order valence-electron chi connectivity index (χ3n) is 19.4. The van der Waals surface area contributed by atoms with Crippen molar-refractivity contribution in [2.75, 3.05) is 101 Å². The van der Waals surface area contributed by atoms with Crippen molar-refractivity contribution in [3.63, 3.8) is 0 Å². The maximum atomic E-state index is 15.5. The van der Waals surface area contributed by atoms with E-state index in [9.17, 15) is 15.0 Å². The van der Waals surface area contributed by atoms with Crippen molar-refractivity contribution in [1.29, 1.82) is 0 Å². The highest BCUT2D eigenvalue weighted by molar-refractivity contribution is 6.00. The summed E-state index contributed by atoms with van der Waals surface area (Å²) in [6, 6.07) is 4.67. The number of carbonyl (C=O) groups excluding carboxylic acids is 12. The Balaban J connectivity index is 2.04. The highest BCUT2D eigenvalue weighted by atomic mass is 16.5. The van der Waals surface area contributed by atoms with Gasteiger partial charge in [0.15, 0.2) is 0 Å². The van der Waals surface area contributed by atoms with Crippen LogP contribution in [0.25, 0.3) is 0 Å². The highest BCUT2D eigenvalue weighted by Crippen LogP contribution is 2.23. The van der Waals surface area contributed by atoms with Crippen LogP contribution >= 0.6 is 0 Å². The van der Waals surface area contributed by atoms with Gasteiger partial charge in [0.25, 0.3) is 0 Å². The number of rotatable bonds is 24. The first-order chi connectivity index (χ1) is 50.0. The molecule has 10 atom stereocenters. The largest absolute Gasteiger partial charge is 0.396 e. The molecule has 106 heavy (non-hydrogen) atoms. The van der Waals surface area contributed by atoms with Gasteiger partial charge in [-0.1, -0.05) is 129 Å². The van der Waals surface area contributed by atoms with Gasteiger partial charge in [-0.25, -0.2) is 0 Å². The smallest absolute Gasteiger partial charge is 0.248 e. The molecule has 28 heteroatoms. The molecule has 0 spiro atoms. The second-order valence-electron chi connectivity index (χ2n) is 30.6. The molecule has 2 fully saturated rings. The molecule has 0 saturated carbocycles. The number of hydrogen-bond acceptors (Lipinski definition) is 16. The Hall–Kier alpha value is -8.08. The quantitative estimate of drug-likeness (QED) is 0.0819. The summed E-state index contributed by atoms with van der Waals surface area (Å²) in [6.45, 7) is 19.3. The predicted octanol–water partition coefficient (Wildman–Crippen LogP) is 3.56. The first-order valence-electron chi connectivity index (χ1n) is 37.9. The van der Waals surface area contributed by atoms with E-state index in [1.165, 1.54) is 71.6 Å². The molecule has 28 nitrogen and oxygen atoms in total. The predicted molar refractivity (Wildman–Crippen MR) is 402 cm³/mol. The lowest BCUT2D eigenvalue weighted by molar-refractivity contribution is -0.152. The van der Waals surface area contributed by atoms with Crippen LogP contribution < -0.4 is 21.3 Å². The van der Waals surface area contributed by atoms with E-state index in [2.05, 4.69) is 21.3 Å². The van der Waals surface area contributed by atoms with Gasteiger partial charge in [0, 0.05) is 87.5 Å². The van der Waals surface area contributed by atoms with E-state index >= 15 is 52.7 Å². The summed E-state index contributed by atoms with van der Waals surface area (Å²) >= 11 is 0. The Morgan fingerprint density at radius 1 is 0.528 bits per heavy atom. The molecule has 6 N–H and O–H groups in total. The number of piperidine rings is 1. The second-order valence-corrected chi connectivity index (χ2v) is 30.6. The van der Waals surface area contributed by atoms with E-state index in [1.807, 2.05) is 27.7 Å². The van der Waals surface area contributed by atoms with Crippen LogP contribution in [0, 0.1) is 17.8 Å². The van der Waals surface area contributed by atoms with Gasteiger partial charge >= 0.3 is 0 Å². The van der Waals surface area contributed by atoms with Gasteiger partial charge in [0.05, 0.1) is 44.4 Å². The molecule has 2 saturated heterocycles. The van der Waals surface area contributed by atoms with Crippen LogP contribution in [0.4, 0.5) is 0 Å². The van der Waals surface area contributed by atoms with Crippen molar-refractivity contribution < 1.29 is 77.2 Å². The second kappa shape index (κ2) is 44.3. The number of aliphatic hydroxyl groups excluding tert-OH is 2. The minimum atomic E-state index is -1.70. The first kappa shape index (κ1) is 90.3. The zero-order valence-electron chi connectivity index (χ0n) is 66.2. The fourth-order valence-corrected chi connectivity index (χ4v) is 13.0. The van der Waals surface area contributed by atoms with Crippen molar-refractivity contribution >= 4 is 70.9 Å². The lowest BCUT2D eigenvalue weighted by Gasteiger charge is -2.38. The topological polar surface area (TPSA) is 338 Å². The molecular formula is C78H126N12O16. The lowest BCUT2D eigenvalue weighted by Crippen LogP contribution is -2.62. The number of benzene rings is 2. The van der Waals surface area contributed by atoms with Gasteiger partial charge in [-0.2, -0.15) is 0 Å². The minimum Gasteiger partial charge on any atom is -0.396 e. The number of ether oxygens (including phenoxy) is 2. The summed E-state index contributed by atoms with van der Waals surface area (Å²) in [6.07, 6.45) is 1.88. The maximum Gasteiger partial charge on any atom is 0.248 e. The van der Waals surface area contributed by atoms with Crippen LogP contribution in [-0.2, 0) is 79.8 Å². The molecule has 2 heterocycles. The molecule has 0 aliphatic carbocycles. The first-order valence-corrected chi connectivity index (χ1v) is 37.9. The molecule has 2 aromatic rings. The summed E-state index contributed by atoms with van der Waals surface area (Å²) in [5.74, 6) is -10.2. The monoisotopic (exact) mass is 1490 g/mol. The standard InChI is InChI=1S/C78H126N12O16/c1-18-20-36-89-47-65(94)83(13)62(44-55-32-25-22-26-33-55)70(97)80-58(49-105-41-31-40-91)73(100)86(16)61(43-52(5)6)71(98)82-67(54(9)92)77(104)90(37-21-19-2)48-66(95)84(14)63(45-56-34-27-23-28-35-56)76(103)87(17)68(53(7)8)72(99)81-59(50-106-78(10,11)12)74(101)85(15)60(42-51(3)4)69(96)79-57(46-64(89)93)75(102)88-38-29-24-30-39-88/h22-23,25-28,32-35,51-54,57-63,67-68,91-92H,18-21,24,29-31,36-50H2,1-17H3,(H,79,96)(H,80,97)(H,81,99)(H,82,98)/t54-,57+,58+,59+,60+,61+,62+,63+,67+,68+/m1/s1. The van der Waals surface area contributed by atoms with Gasteiger partial charge in [-0.05, 0) is 108 Å². The summed E-state index contributed by atoms with van der Waals surface area (Å²) in [7, 11) is 6.95. The molecule has 2 aliphatic rings. The molecule has 0 unspecified atom stereocenters. The number of unbranched alkanes of at least 4 members (excludes halogenated alkanes) is 2. The fourth-order valence-electron chi connectivity index (χ4n) is 13.0. The summed E-state index contributed by atoms with van der Waals surface area (Å²) < 4.78 is 12.1. The SMILES string of the molecule is CCCCN1CC(=O)N(C)[C@@H](Cc2ccccc2)C(=O)N[C@@H](COCCCO)C(=O)N(C)[C@@H](CC(C)C)C(=O)N[C@@H]([C@@H](C)O)C(=O)N(CCCC)CC(=O)N(C)[C@@H](Cc2ccccc2)C(=O)N(C)[C@@H](C(C)C)C(=O)N[C@@H](COC(C)(C)C)C(=O)N(C)[C@@H](CC(C)C)C(=O)N[C@H](C(=O)N2CCCCC2)CC1=O. The number of likely N-dealkylation sites (N-methyl/N-ethyl adjacent to an activating group) is 5. The molecular weight excluding hydrogens is 1360 g/mol. The average Bonchev–Trinajstić information content (AvgIpc) is 0.818. The average molecular weight is 1490 g/mol. The summed E-state index contributed by atoms with van der Waals surface area (Å²) in [5.41, 5.74) is 0.381. The van der Waals surface area contributed by atoms with Crippen molar-refractivity contribution in [3.05, 3.63) is 71.8 Å². The highest BCUT2D eigenvalue weighted by Gasteiger charge is 2.44. The number of hydrogen-bond donors (Lipinski definition) is 6. The minimum absolute atomic E-state index is 0.00472. The number of likely N-dealkylation sites (tertiary alicyclic amines) is 1. The van der Waals surface area contributed by atoms with E-state index in [0.717, 1.165) is 11.3 Å². The normalized spacial score (nSPS) is 23.7.